The summed E-state index contributed by atoms with van der Waals surface area (Å²) in [6.45, 7) is 0. The van der Waals surface area contributed by atoms with Crippen LogP contribution in [0.3, 0.4) is 0 Å². The molecule has 2 aromatic carbocycles. The molecule has 0 amide bonds. The number of Topliss-reactive ketones (excluding diaryl/α,β-unsaturated/α-hetero) is 1. The van der Waals surface area contributed by atoms with Crippen LogP contribution in [0.5, 0.6) is 0 Å². The normalized spacial score (nSPS) is 10.4. The number of ketones is 1. The maximum atomic E-state index is 11.9. The second-order valence-corrected chi connectivity index (χ2v) is 6.96. The Bertz CT molecular complexity index is 549. The van der Waals surface area contributed by atoms with Gasteiger partial charge >= 0.3 is 0 Å². The molecule has 98 valence electrons. The summed E-state index contributed by atoms with van der Waals surface area (Å²) in [6.07, 6.45) is 0.497. The molecular formula is C15H12Br2OS. The molecule has 19 heavy (non-hydrogen) atoms. The summed E-state index contributed by atoms with van der Waals surface area (Å²) in [5.74, 6) is 0.757. The van der Waals surface area contributed by atoms with Gasteiger partial charge in [-0.25, -0.2) is 0 Å². The maximum absolute atomic E-state index is 11.9. The largest absolute Gasteiger partial charge is 0.298 e. The summed E-state index contributed by atoms with van der Waals surface area (Å²) in [5.41, 5.74) is 1.06. The van der Waals surface area contributed by atoms with Gasteiger partial charge in [0, 0.05) is 20.3 Å². The molecule has 2 aromatic rings. The molecule has 0 atom stereocenters. The van der Waals surface area contributed by atoms with Gasteiger partial charge in [-0.2, -0.15) is 0 Å². The molecule has 0 aliphatic heterocycles. The van der Waals surface area contributed by atoms with Crippen LogP contribution in [0.2, 0.25) is 0 Å². The lowest BCUT2D eigenvalue weighted by Gasteiger charge is -2.02. The van der Waals surface area contributed by atoms with Crippen molar-refractivity contribution >= 4 is 49.4 Å². The Morgan fingerprint density at radius 1 is 0.895 bits per heavy atom. The van der Waals surface area contributed by atoms with Crippen LogP contribution in [0.4, 0.5) is 0 Å². The van der Waals surface area contributed by atoms with Crippen molar-refractivity contribution in [1.29, 1.82) is 0 Å². The molecule has 0 radical (unpaired) electrons. The summed E-state index contributed by atoms with van der Waals surface area (Å²) in [5, 5.41) is 0. The first kappa shape index (κ1) is 14.8. The fraction of sp³-hybridized carbons (Fsp3) is 0.133. The van der Waals surface area contributed by atoms with Gasteiger partial charge in [-0.05, 0) is 42.0 Å². The SMILES string of the molecule is O=C(CSc1ccc(Br)cc1)Cc1ccc(Br)cc1. The van der Waals surface area contributed by atoms with Crippen LogP contribution in [0.25, 0.3) is 0 Å². The van der Waals surface area contributed by atoms with Crippen molar-refractivity contribution in [3.8, 4) is 0 Å². The van der Waals surface area contributed by atoms with Crippen LogP contribution in [-0.4, -0.2) is 11.5 Å². The second kappa shape index (κ2) is 7.27. The van der Waals surface area contributed by atoms with Gasteiger partial charge in [-0.15, -0.1) is 11.8 Å². The van der Waals surface area contributed by atoms with E-state index < -0.39 is 0 Å². The molecule has 0 saturated heterocycles. The van der Waals surface area contributed by atoms with Gasteiger partial charge in [0.25, 0.3) is 0 Å². The Morgan fingerprint density at radius 2 is 1.42 bits per heavy atom. The van der Waals surface area contributed by atoms with E-state index in [4.69, 9.17) is 0 Å². The van der Waals surface area contributed by atoms with Crippen LogP contribution in [-0.2, 0) is 11.2 Å². The van der Waals surface area contributed by atoms with E-state index in [2.05, 4.69) is 31.9 Å². The molecule has 0 aliphatic carbocycles. The van der Waals surface area contributed by atoms with E-state index in [0.29, 0.717) is 12.2 Å². The maximum Gasteiger partial charge on any atom is 0.147 e. The fourth-order valence-electron chi connectivity index (χ4n) is 1.58. The summed E-state index contributed by atoms with van der Waals surface area (Å²) in [6, 6.07) is 15.9. The first-order chi connectivity index (χ1) is 9.13. The summed E-state index contributed by atoms with van der Waals surface area (Å²) >= 11 is 8.36. The summed E-state index contributed by atoms with van der Waals surface area (Å²) < 4.78 is 2.09. The van der Waals surface area contributed by atoms with Crippen molar-refractivity contribution in [3.63, 3.8) is 0 Å². The average molecular weight is 400 g/mol. The van der Waals surface area contributed by atoms with E-state index in [1.165, 1.54) is 0 Å². The Hall–Kier alpha value is -0.580. The molecule has 1 nitrogen and oxygen atoms in total. The molecule has 0 unspecified atom stereocenters. The third-order valence-electron chi connectivity index (χ3n) is 2.53. The quantitative estimate of drug-likeness (QED) is 0.649. The lowest BCUT2D eigenvalue weighted by Crippen LogP contribution is -2.05. The molecule has 0 aliphatic rings. The fourth-order valence-corrected chi connectivity index (χ4v) is 2.86. The lowest BCUT2D eigenvalue weighted by atomic mass is 10.1. The number of thioether (sulfide) groups is 1. The van der Waals surface area contributed by atoms with Crippen LogP contribution >= 0.6 is 43.6 Å². The van der Waals surface area contributed by atoms with E-state index in [-0.39, 0.29) is 5.78 Å². The number of halogens is 2. The highest BCUT2D eigenvalue weighted by Gasteiger charge is 2.05. The zero-order valence-corrected chi connectivity index (χ0v) is 14.1. The van der Waals surface area contributed by atoms with Crippen LogP contribution in [0, 0.1) is 0 Å². The number of rotatable bonds is 5. The number of carbonyl (C=O) groups excluding carboxylic acids is 1. The average Bonchev–Trinajstić information content (AvgIpc) is 2.41. The molecule has 0 spiro atoms. The van der Waals surface area contributed by atoms with Crippen molar-refractivity contribution in [2.45, 2.75) is 11.3 Å². The topological polar surface area (TPSA) is 17.1 Å². The Morgan fingerprint density at radius 3 is 2.00 bits per heavy atom. The van der Waals surface area contributed by atoms with Crippen molar-refractivity contribution < 1.29 is 4.79 Å². The monoisotopic (exact) mass is 398 g/mol. The molecule has 0 saturated carbocycles. The molecule has 0 bridgehead atoms. The molecule has 0 N–H and O–H groups in total. The van der Waals surface area contributed by atoms with Gasteiger partial charge in [-0.1, -0.05) is 44.0 Å². The van der Waals surface area contributed by atoms with E-state index in [0.717, 1.165) is 19.4 Å². The third-order valence-corrected chi connectivity index (χ3v) is 4.66. The molecule has 0 aromatic heterocycles. The van der Waals surface area contributed by atoms with Crippen molar-refractivity contribution in [2.75, 3.05) is 5.75 Å². The minimum absolute atomic E-state index is 0.246. The lowest BCUT2D eigenvalue weighted by molar-refractivity contribution is -0.116. The zero-order chi connectivity index (χ0) is 13.7. The van der Waals surface area contributed by atoms with Crippen LogP contribution in [0.15, 0.2) is 62.4 Å². The Kier molecular flexibility index (Phi) is 5.67. The minimum atomic E-state index is 0.246. The first-order valence-electron chi connectivity index (χ1n) is 5.78. The van der Waals surface area contributed by atoms with E-state index in [9.17, 15) is 4.79 Å². The highest BCUT2D eigenvalue weighted by Crippen LogP contribution is 2.21. The van der Waals surface area contributed by atoms with E-state index in [1.807, 2.05) is 48.5 Å². The standard InChI is InChI=1S/C15H12Br2OS/c16-12-3-1-11(2-4-12)9-14(18)10-19-15-7-5-13(17)6-8-15/h1-8H,9-10H2. The third kappa shape index (κ3) is 5.13. The van der Waals surface area contributed by atoms with E-state index >= 15 is 0 Å². The molecule has 4 heteroatoms. The number of benzene rings is 2. The van der Waals surface area contributed by atoms with Gasteiger partial charge in [0.1, 0.15) is 5.78 Å². The predicted octanol–water partition coefficient (Wildman–Crippen LogP) is 5.12. The van der Waals surface area contributed by atoms with Crippen molar-refractivity contribution in [2.24, 2.45) is 0 Å². The number of hydrogen-bond donors (Lipinski definition) is 0. The van der Waals surface area contributed by atoms with Gasteiger partial charge in [0.2, 0.25) is 0 Å². The number of hydrogen-bond acceptors (Lipinski definition) is 2. The first-order valence-corrected chi connectivity index (χ1v) is 8.35. The van der Waals surface area contributed by atoms with Crippen LogP contribution in [0.1, 0.15) is 5.56 Å². The predicted molar refractivity (Wildman–Crippen MR) is 87.7 cm³/mol. The highest BCUT2D eigenvalue weighted by molar-refractivity contribution is 9.10. The minimum Gasteiger partial charge on any atom is -0.298 e. The Balaban J connectivity index is 1.84. The molecule has 2 rings (SSSR count). The van der Waals surface area contributed by atoms with Gasteiger partial charge in [0.15, 0.2) is 0 Å². The van der Waals surface area contributed by atoms with Gasteiger partial charge < -0.3 is 0 Å². The Labute approximate surface area is 134 Å². The summed E-state index contributed by atoms with van der Waals surface area (Å²) in [7, 11) is 0. The van der Waals surface area contributed by atoms with Crippen molar-refractivity contribution in [1.82, 2.24) is 0 Å². The van der Waals surface area contributed by atoms with Crippen molar-refractivity contribution in [3.05, 3.63) is 63.0 Å². The van der Waals surface area contributed by atoms with Gasteiger partial charge in [-0.3, -0.25) is 4.79 Å². The second-order valence-electron chi connectivity index (χ2n) is 4.08. The van der Waals surface area contributed by atoms with E-state index in [1.54, 1.807) is 11.8 Å². The molecule has 0 heterocycles. The molecular weight excluding hydrogens is 388 g/mol. The summed E-state index contributed by atoms with van der Waals surface area (Å²) in [4.78, 5) is 13.0. The van der Waals surface area contributed by atoms with Crippen LogP contribution < -0.4 is 0 Å². The molecule has 0 fully saturated rings. The van der Waals surface area contributed by atoms with Gasteiger partial charge in [0.05, 0.1) is 5.75 Å². The smallest absolute Gasteiger partial charge is 0.147 e. The number of carbonyl (C=O) groups is 1. The zero-order valence-electron chi connectivity index (χ0n) is 10.1. The highest BCUT2D eigenvalue weighted by atomic mass is 79.9.